The lowest BCUT2D eigenvalue weighted by Gasteiger charge is -2.27. The number of hydrogen-bond acceptors (Lipinski definition) is 4. The summed E-state index contributed by atoms with van der Waals surface area (Å²) in [6, 6.07) is 13.6. The normalized spacial score (nSPS) is 15.6. The van der Waals surface area contributed by atoms with E-state index in [-0.39, 0.29) is 24.1 Å². The Morgan fingerprint density at radius 2 is 2.03 bits per heavy atom. The molecule has 0 unspecified atom stereocenters. The van der Waals surface area contributed by atoms with Gasteiger partial charge in [-0.1, -0.05) is 29.8 Å². The van der Waals surface area contributed by atoms with Crippen molar-refractivity contribution in [3.63, 3.8) is 0 Å². The summed E-state index contributed by atoms with van der Waals surface area (Å²) in [5.74, 6) is -0.0457. The van der Waals surface area contributed by atoms with Crippen LogP contribution < -0.4 is 4.90 Å². The standard InChI is InChI=1S/C25H28ClFN4O2/c1-17-22(24(29(2)3)31(28-17)19-9-6-8-18(26)14-19)16-30(15-20-10-7-13-33-20)25(32)21-11-4-5-12-23(21)27/h4-6,8-9,11-12,14,20H,7,10,13,15-16H2,1-3H3/t20-/m0/s1. The number of nitrogens with zero attached hydrogens (tertiary/aromatic N) is 4. The van der Waals surface area contributed by atoms with E-state index in [4.69, 9.17) is 21.4 Å². The summed E-state index contributed by atoms with van der Waals surface area (Å²) in [7, 11) is 3.87. The number of ether oxygens (including phenoxy) is 1. The van der Waals surface area contributed by atoms with Crippen molar-refractivity contribution in [3.05, 3.63) is 76.2 Å². The molecule has 2 heterocycles. The van der Waals surface area contributed by atoms with Gasteiger partial charge in [0.25, 0.3) is 5.91 Å². The highest BCUT2D eigenvalue weighted by Gasteiger charge is 2.28. The largest absolute Gasteiger partial charge is 0.376 e. The van der Waals surface area contributed by atoms with Crippen molar-refractivity contribution in [2.45, 2.75) is 32.4 Å². The summed E-state index contributed by atoms with van der Waals surface area (Å²) in [6.45, 7) is 3.27. The average molecular weight is 471 g/mol. The molecule has 6 nitrogen and oxygen atoms in total. The minimum Gasteiger partial charge on any atom is -0.376 e. The fourth-order valence-electron chi connectivity index (χ4n) is 4.23. The van der Waals surface area contributed by atoms with Crippen LogP contribution in [0.4, 0.5) is 10.2 Å². The molecule has 0 saturated carbocycles. The van der Waals surface area contributed by atoms with Crippen LogP contribution in [0.1, 0.15) is 34.5 Å². The highest BCUT2D eigenvalue weighted by Crippen LogP contribution is 2.29. The molecule has 0 aliphatic carbocycles. The zero-order valence-electron chi connectivity index (χ0n) is 19.1. The van der Waals surface area contributed by atoms with Crippen LogP contribution >= 0.6 is 11.6 Å². The van der Waals surface area contributed by atoms with E-state index < -0.39 is 5.82 Å². The smallest absolute Gasteiger partial charge is 0.257 e. The van der Waals surface area contributed by atoms with Crippen molar-refractivity contribution in [1.82, 2.24) is 14.7 Å². The number of hydrogen-bond donors (Lipinski definition) is 0. The summed E-state index contributed by atoms with van der Waals surface area (Å²) < 4.78 is 22.1. The van der Waals surface area contributed by atoms with Gasteiger partial charge in [0.05, 0.1) is 29.6 Å². The summed E-state index contributed by atoms with van der Waals surface area (Å²) in [5, 5.41) is 5.36. The number of aromatic nitrogens is 2. The molecule has 0 radical (unpaired) electrons. The van der Waals surface area contributed by atoms with Crippen molar-refractivity contribution in [3.8, 4) is 5.69 Å². The summed E-state index contributed by atoms with van der Waals surface area (Å²) in [4.78, 5) is 17.1. The van der Waals surface area contributed by atoms with Crippen molar-refractivity contribution in [1.29, 1.82) is 0 Å². The van der Waals surface area contributed by atoms with Crippen LogP contribution in [-0.2, 0) is 11.3 Å². The second-order valence-electron chi connectivity index (χ2n) is 8.47. The third-order valence-electron chi connectivity index (χ3n) is 5.82. The molecule has 1 saturated heterocycles. The van der Waals surface area contributed by atoms with Crippen LogP contribution in [0.25, 0.3) is 5.69 Å². The van der Waals surface area contributed by atoms with E-state index >= 15 is 0 Å². The third-order valence-corrected chi connectivity index (χ3v) is 6.06. The van der Waals surface area contributed by atoms with Gasteiger partial charge in [-0.2, -0.15) is 5.10 Å². The fourth-order valence-corrected chi connectivity index (χ4v) is 4.41. The summed E-state index contributed by atoms with van der Waals surface area (Å²) in [6.07, 6.45) is 1.77. The summed E-state index contributed by atoms with van der Waals surface area (Å²) in [5.41, 5.74) is 2.56. The second-order valence-corrected chi connectivity index (χ2v) is 8.91. The number of aryl methyl sites for hydroxylation is 1. The first-order valence-electron chi connectivity index (χ1n) is 11.0. The van der Waals surface area contributed by atoms with Gasteiger partial charge in [0, 0.05) is 37.8 Å². The zero-order valence-corrected chi connectivity index (χ0v) is 19.8. The van der Waals surface area contributed by atoms with Crippen molar-refractivity contribution < 1.29 is 13.9 Å². The molecule has 1 amide bonds. The first-order valence-corrected chi connectivity index (χ1v) is 11.4. The number of halogens is 2. The SMILES string of the molecule is Cc1nn(-c2cccc(Cl)c2)c(N(C)C)c1CN(C[C@@H]1CCCO1)C(=O)c1ccccc1F. The molecule has 3 aromatic rings. The Morgan fingerprint density at radius 1 is 1.24 bits per heavy atom. The maximum atomic E-state index is 14.5. The third kappa shape index (κ3) is 5.04. The molecule has 0 spiro atoms. The number of carbonyl (C=O) groups is 1. The van der Waals surface area contributed by atoms with Gasteiger partial charge < -0.3 is 14.5 Å². The van der Waals surface area contributed by atoms with E-state index in [1.165, 1.54) is 12.1 Å². The van der Waals surface area contributed by atoms with E-state index in [2.05, 4.69) is 0 Å². The Labute approximate surface area is 198 Å². The predicted molar refractivity (Wildman–Crippen MR) is 128 cm³/mol. The van der Waals surface area contributed by atoms with Gasteiger partial charge in [0.15, 0.2) is 0 Å². The minimum atomic E-state index is -0.529. The van der Waals surface area contributed by atoms with Crippen LogP contribution in [0.2, 0.25) is 5.02 Å². The van der Waals surface area contributed by atoms with Gasteiger partial charge >= 0.3 is 0 Å². The van der Waals surface area contributed by atoms with Crippen LogP contribution in [0.5, 0.6) is 0 Å². The van der Waals surface area contributed by atoms with Crippen molar-refractivity contribution in [2.75, 3.05) is 32.1 Å². The number of benzene rings is 2. The Kier molecular flexibility index (Phi) is 7.00. The molecule has 33 heavy (non-hydrogen) atoms. The predicted octanol–water partition coefficient (Wildman–Crippen LogP) is 4.86. The number of carbonyl (C=O) groups excluding carboxylic acids is 1. The van der Waals surface area contributed by atoms with Gasteiger partial charge in [-0.15, -0.1) is 0 Å². The lowest BCUT2D eigenvalue weighted by atomic mass is 10.1. The molecular weight excluding hydrogens is 443 g/mol. The fraction of sp³-hybridized carbons (Fsp3) is 0.360. The monoisotopic (exact) mass is 470 g/mol. The lowest BCUT2D eigenvalue weighted by molar-refractivity contribution is 0.0503. The Morgan fingerprint density at radius 3 is 2.70 bits per heavy atom. The van der Waals surface area contributed by atoms with Crippen LogP contribution in [0.3, 0.4) is 0 Å². The van der Waals surface area contributed by atoms with Gasteiger partial charge in [-0.05, 0) is 50.1 Å². The zero-order chi connectivity index (χ0) is 23.5. The van der Waals surface area contributed by atoms with E-state index in [9.17, 15) is 9.18 Å². The molecular formula is C25H28ClFN4O2. The van der Waals surface area contributed by atoms with Crippen LogP contribution in [-0.4, -0.2) is 53.9 Å². The first-order chi connectivity index (χ1) is 15.8. The van der Waals surface area contributed by atoms with E-state index in [1.807, 2.05) is 54.9 Å². The Balaban J connectivity index is 1.73. The molecule has 0 bridgehead atoms. The second kappa shape index (κ2) is 9.93. The van der Waals surface area contributed by atoms with Crippen molar-refractivity contribution >= 4 is 23.3 Å². The van der Waals surface area contributed by atoms with Crippen LogP contribution in [0.15, 0.2) is 48.5 Å². The van der Waals surface area contributed by atoms with E-state index in [0.717, 1.165) is 35.6 Å². The van der Waals surface area contributed by atoms with E-state index in [0.29, 0.717) is 18.2 Å². The molecule has 0 N–H and O–H groups in total. The summed E-state index contributed by atoms with van der Waals surface area (Å²) >= 11 is 6.22. The number of rotatable bonds is 7. The molecule has 8 heteroatoms. The quantitative estimate of drug-likeness (QED) is 0.494. The molecule has 1 fully saturated rings. The first kappa shape index (κ1) is 23.3. The van der Waals surface area contributed by atoms with Crippen molar-refractivity contribution in [2.24, 2.45) is 0 Å². The molecule has 174 valence electrons. The number of anilines is 1. The van der Waals surface area contributed by atoms with Gasteiger partial charge in [-0.3, -0.25) is 4.79 Å². The molecule has 1 atom stereocenters. The van der Waals surface area contributed by atoms with Gasteiger partial charge in [0.2, 0.25) is 0 Å². The Hall–Kier alpha value is -2.90. The maximum Gasteiger partial charge on any atom is 0.257 e. The highest BCUT2D eigenvalue weighted by atomic mass is 35.5. The highest BCUT2D eigenvalue weighted by molar-refractivity contribution is 6.30. The molecule has 2 aromatic carbocycles. The molecule has 1 aliphatic heterocycles. The molecule has 4 rings (SSSR count). The molecule has 1 aromatic heterocycles. The Bertz CT molecular complexity index is 1140. The van der Waals surface area contributed by atoms with Crippen LogP contribution in [0, 0.1) is 12.7 Å². The molecule has 1 aliphatic rings. The average Bonchev–Trinajstić information content (AvgIpc) is 3.41. The van der Waals surface area contributed by atoms with Gasteiger partial charge in [0.1, 0.15) is 11.6 Å². The van der Waals surface area contributed by atoms with Gasteiger partial charge in [-0.25, -0.2) is 9.07 Å². The lowest BCUT2D eigenvalue weighted by Crippen LogP contribution is -2.37. The number of amides is 1. The minimum absolute atomic E-state index is 0.0572. The maximum absolute atomic E-state index is 14.5. The van der Waals surface area contributed by atoms with E-state index in [1.54, 1.807) is 17.0 Å². The topological polar surface area (TPSA) is 50.6 Å².